The smallest absolute Gasteiger partial charge is 0.340 e. The van der Waals surface area contributed by atoms with E-state index in [0.29, 0.717) is 11.3 Å². The van der Waals surface area contributed by atoms with E-state index in [1.54, 1.807) is 17.6 Å². The summed E-state index contributed by atoms with van der Waals surface area (Å²) in [6.07, 6.45) is -0.950. The molecule has 0 fully saturated rings. The number of nitrogens with zero attached hydrogens (tertiary/aromatic N) is 1. The summed E-state index contributed by atoms with van der Waals surface area (Å²) >= 11 is 3.03. The van der Waals surface area contributed by atoms with E-state index >= 15 is 0 Å². The normalized spacial score (nSPS) is 11.9. The van der Waals surface area contributed by atoms with Crippen molar-refractivity contribution in [3.05, 3.63) is 46.4 Å². The second-order valence-corrected chi connectivity index (χ2v) is 5.95. The monoisotopic (exact) mass is 322 g/mol. The van der Waals surface area contributed by atoms with E-state index in [1.807, 2.05) is 17.5 Å². The van der Waals surface area contributed by atoms with Crippen LogP contribution in [0.4, 0.5) is 0 Å². The average Bonchev–Trinajstić information content (AvgIpc) is 2.98. The Kier molecular flexibility index (Phi) is 5.35. The molecule has 0 bridgehead atoms. The van der Waals surface area contributed by atoms with Crippen LogP contribution in [0.25, 0.3) is 0 Å². The number of carbonyl (C=O) groups is 2. The van der Waals surface area contributed by atoms with E-state index in [0.717, 1.165) is 10.6 Å². The zero-order valence-electron chi connectivity index (χ0n) is 11.3. The van der Waals surface area contributed by atoms with Crippen molar-refractivity contribution in [3.63, 3.8) is 0 Å². The van der Waals surface area contributed by atoms with Crippen LogP contribution in [-0.2, 0) is 15.3 Å². The van der Waals surface area contributed by atoms with Crippen molar-refractivity contribution in [2.24, 2.45) is 5.73 Å². The van der Waals surface area contributed by atoms with Crippen molar-refractivity contribution < 1.29 is 14.3 Å². The molecule has 2 rings (SSSR count). The van der Waals surface area contributed by atoms with Crippen molar-refractivity contribution in [2.45, 2.75) is 23.7 Å². The molecule has 0 spiro atoms. The molecule has 0 aliphatic rings. The number of benzene rings is 1. The molecule has 1 atom stereocenters. The molecule has 1 aromatic heterocycles. The van der Waals surface area contributed by atoms with Gasteiger partial charge >= 0.3 is 5.97 Å². The molecule has 0 aliphatic carbocycles. The number of amides is 1. The number of carbonyl (C=O) groups excluding carboxylic acids is 2. The lowest BCUT2D eigenvalue weighted by molar-refractivity contribution is -0.125. The molecule has 5 nitrogen and oxygen atoms in total. The number of thiazole rings is 1. The van der Waals surface area contributed by atoms with Gasteiger partial charge in [0.25, 0.3) is 5.91 Å². The summed E-state index contributed by atoms with van der Waals surface area (Å²) in [5, 5.41) is 1.96. The molecule has 21 heavy (non-hydrogen) atoms. The number of nitrogens with two attached hydrogens (primary N) is 1. The van der Waals surface area contributed by atoms with Gasteiger partial charge in [0.1, 0.15) is 0 Å². The first-order valence-electron chi connectivity index (χ1n) is 6.17. The first-order valence-corrected chi connectivity index (χ1v) is 8.10. The number of esters is 1. The fourth-order valence-corrected chi connectivity index (χ4v) is 3.11. The van der Waals surface area contributed by atoms with Gasteiger partial charge in [0.05, 0.1) is 16.8 Å². The molecular weight excluding hydrogens is 308 g/mol. The van der Waals surface area contributed by atoms with Crippen LogP contribution < -0.4 is 5.73 Å². The summed E-state index contributed by atoms with van der Waals surface area (Å²) in [5.41, 5.74) is 8.24. The zero-order valence-corrected chi connectivity index (χ0v) is 12.9. The van der Waals surface area contributed by atoms with Gasteiger partial charge in [-0.25, -0.2) is 9.78 Å². The van der Waals surface area contributed by atoms with E-state index in [4.69, 9.17) is 10.5 Å². The second kappa shape index (κ2) is 7.24. The lowest BCUT2D eigenvalue weighted by Gasteiger charge is -2.12. The Bertz CT molecular complexity index is 629. The lowest BCUT2D eigenvalue weighted by atomic mass is 10.2. The van der Waals surface area contributed by atoms with Crippen molar-refractivity contribution in [1.82, 2.24) is 4.98 Å². The number of hydrogen-bond donors (Lipinski definition) is 1. The van der Waals surface area contributed by atoms with Crippen LogP contribution in [0, 0.1) is 0 Å². The quantitative estimate of drug-likeness (QED) is 0.652. The maximum atomic E-state index is 12.1. The minimum absolute atomic E-state index is 0.422. The number of aromatic nitrogens is 1. The largest absolute Gasteiger partial charge is 0.449 e. The molecule has 1 unspecified atom stereocenters. The highest BCUT2D eigenvalue weighted by Gasteiger charge is 2.18. The van der Waals surface area contributed by atoms with Gasteiger partial charge in [0.15, 0.2) is 6.10 Å². The van der Waals surface area contributed by atoms with Crippen LogP contribution in [0.15, 0.2) is 40.1 Å². The van der Waals surface area contributed by atoms with Crippen molar-refractivity contribution >= 4 is 35.0 Å². The van der Waals surface area contributed by atoms with Gasteiger partial charge in [-0.05, 0) is 19.1 Å². The summed E-state index contributed by atoms with van der Waals surface area (Å²) in [6, 6.07) is 7.10. The summed E-state index contributed by atoms with van der Waals surface area (Å²) in [4.78, 5) is 28.0. The SMILES string of the molecule is CC(OC(=O)c1ccccc1SCc1cscn1)C(N)=O. The topological polar surface area (TPSA) is 82.3 Å². The summed E-state index contributed by atoms with van der Waals surface area (Å²) in [6.45, 7) is 1.45. The Balaban J connectivity index is 2.08. The van der Waals surface area contributed by atoms with Gasteiger partial charge in [-0.2, -0.15) is 0 Å². The van der Waals surface area contributed by atoms with E-state index in [-0.39, 0.29) is 0 Å². The molecule has 0 aliphatic heterocycles. The van der Waals surface area contributed by atoms with Gasteiger partial charge in [-0.3, -0.25) is 4.79 Å². The van der Waals surface area contributed by atoms with Crippen LogP contribution >= 0.6 is 23.1 Å². The summed E-state index contributed by atoms with van der Waals surface area (Å²) in [5.74, 6) is -0.558. The zero-order chi connectivity index (χ0) is 15.2. The molecule has 1 aromatic carbocycles. The third-order valence-corrected chi connectivity index (χ3v) is 4.39. The maximum absolute atomic E-state index is 12.1. The Morgan fingerprint density at radius 2 is 2.19 bits per heavy atom. The lowest BCUT2D eigenvalue weighted by Crippen LogP contribution is -2.30. The van der Waals surface area contributed by atoms with Crippen LogP contribution in [0.2, 0.25) is 0 Å². The van der Waals surface area contributed by atoms with Crippen molar-refractivity contribution in [1.29, 1.82) is 0 Å². The average molecular weight is 322 g/mol. The molecule has 2 N–H and O–H groups in total. The third-order valence-electron chi connectivity index (χ3n) is 2.65. The number of ether oxygens (including phenoxy) is 1. The van der Waals surface area contributed by atoms with E-state index < -0.39 is 18.0 Å². The molecule has 1 heterocycles. The fraction of sp³-hybridized carbons (Fsp3) is 0.214. The molecular formula is C14H14N2O3S2. The highest BCUT2D eigenvalue weighted by Crippen LogP contribution is 2.27. The van der Waals surface area contributed by atoms with Gasteiger partial charge in [-0.15, -0.1) is 23.1 Å². The Morgan fingerprint density at radius 3 is 2.86 bits per heavy atom. The summed E-state index contributed by atoms with van der Waals surface area (Å²) in [7, 11) is 0. The van der Waals surface area contributed by atoms with E-state index in [2.05, 4.69) is 4.98 Å². The highest BCUT2D eigenvalue weighted by molar-refractivity contribution is 7.98. The predicted molar refractivity (Wildman–Crippen MR) is 82.2 cm³/mol. The van der Waals surface area contributed by atoms with Gasteiger partial charge in [-0.1, -0.05) is 12.1 Å². The standard InChI is InChI=1S/C14H14N2O3S2/c1-9(13(15)17)19-14(18)11-4-2-3-5-12(11)21-7-10-6-20-8-16-10/h2-6,8-9H,7H2,1H3,(H2,15,17). The van der Waals surface area contributed by atoms with E-state index in [9.17, 15) is 9.59 Å². The predicted octanol–water partition coefficient (Wildman–Crippen LogP) is 2.47. The highest BCUT2D eigenvalue weighted by atomic mass is 32.2. The van der Waals surface area contributed by atoms with Crippen LogP contribution in [0.5, 0.6) is 0 Å². The van der Waals surface area contributed by atoms with E-state index in [1.165, 1.54) is 30.0 Å². The maximum Gasteiger partial charge on any atom is 0.340 e. The molecule has 0 saturated carbocycles. The Morgan fingerprint density at radius 1 is 1.43 bits per heavy atom. The number of hydrogen-bond acceptors (Lipinski definition) is 6. The second-order valence-electron chi connectivity index (χ2n) is 4.21. The molecule has 1 amide bonds. The van der Waals surface area contributed by atoms with Crippen molar-refractivity contribution in [2.75, 3.05) is 0 Å². The molecule has 110 valence electrons. The summed E-state index contributed by atoms with van der Waals surface area (Å²) < 4.78 is 5.04. The van der Waals surface area contributed by atoms with Crippen LogP contribution in [0.1, 0.15) is 23.0 Å². The fourth-order valence-electron chi connectivity index (χ4n) is 1.50. The number of rotatable bonds is 6. The first-order chi connectivity index (χ1) is 10.1. The van der Waals surface area contributed by atoms with Gasteiger partial charge in [0.2, 0.25) is 0 Å². The molecule has 7 heteroatoms. The Hall–Kier alpha value is -1.86. The minimum Gasteiger partial charge on any atom is -0.449 e. The number of primary amides is 1. The minimum atomic E-state index is -0.950. The third kappa shape index (κ3) is 4.30. The molecule has 2 aromatic rings. The number of thioether (sulfide) groups is 1. The van der Waals surface area contributed by atoms with Crippen LogP contribution in [0.3, 0.4) is 0 Å². The molecule has 0 radical (unpaired) electrons. The first kappa shape index (κ1) is 15.5. The van der Waals surface area contributed by atoms with Gasteiger partial charge in [0, 0.05) is 16.0 Å². The van der Waals surface area contributed by atoms with Gasteiger partial charge < -0.3 is 10.5 Å². The Labute approximate surface area is 130 Å². The van der Waals surface area contributed by atoms with Crippen molar-refractivity contribution in [3.8, 4) is 0 Å². The van der Waals surface area contributed by atoms with Crippen LogP contribution in [-0.4, -0.2) is 23.0 Å². The molecule has 0 saturated heterocycles.